The van der Waals surface area contributed by atoms with Crippen LogP contribution >= 0.6 is 31.9 Å². The highest BCUT2D eigenvalue weighted by Crippen LogP contribution is 2.44. The Hall–Kier alpha value is -0.890. The van der Waals surface area contributed by atoms with E-state index in [-0.39, 0.29) is 15.3 Å². The zero-order valence-corrected chi connectivity index (χ0v) is 14.9. The second-order valence-corrected chi connectivity index (χ2v) is 8.13. The van der Waals surface area contributed by atoms with Crippen LogP contribution in [0.15, 0.2) is 24.3 Å². The SMILES string of the molecule is O=C1[C@H]2C[C@H](Br)[C@@H](Br)C[C@@H]2C(=O)N1c1cccc(C(F)(F)F)c1. The second kappa shape index (κ2) is 5.88. The maximum atomic E-state index is 12.8. The van der Waals surface area contributed by atoms with Gasteiger partial charge in [-0.05, 0) is 31.0 Å². The number of alkyl halides is 5. The molecule has 0 N–H and O–H groups in total. The number of carbonyl (C=O) groups excluding carboxylic acids is 2. The minimum atomic E-state index is -4.52. The van der Waals surface area contributed by atoms with E-state index < -0.39 is 35.4 Å². The first-order chi connectivity index (χ1) is 10.7. The van der Waals surface area contributed by atoms with Crippen molar-refractivity contribution in [1.82, 2.24) is 0 Å². The van der Waals surface area contributed by atoms with Crippen molar-refractivity contribution in [2.75, 3.05) is 4.90 Å². The molecule has 1 aliphatic carbocycles. The van der Waals surface area contributed by atoms with Gasteiger partial charge in [-0.2, -0.15) is 13.2 Å². The summed E-state index contributed by atoms with van der Waals surface area (Å²) in [5.74, 6) is -1.78. The van der Waals surface area contributed by atoms with E-state index in [0.29, 0.717) is 12.8 Å². The van der Waals surface area contributed by atoms with Crippen LogP contribution in [-0.4, -0.2) is 21.5 Å². The maximum absolute atomic E-state index is 12.8. The quantitative estimate of drug-likeness (QED) is 0.472. The molecule has 2 aliphatic rings. The van der Waals surface area contributed by atoms with Gasteiger partial charge in [0.15, 0.2) is 0 Å². The molecule has 3 rings (SSSR count). The molecule has 1 aromatic carbocycles. The van der Waals surface area contributed by atoms with Gasteiger partial charge in [0.25, 0.3) is 0 Å². The van der Waals surface area contributed by atoms with Crippen molar-refractivity contribution in [2.24, 2.45) is 11.8 Å². The summed E-state index contributed by atoms with van der Waals surface area (Å²) in [5.41, 5.74) is -0.885. The van der Waals surface area contributed by atoms with Crippen LogP contribution in [0.25, 0.3) is 0 Å². The molecule has 124 valence electrons. The molecule has 0 bridgehead atoms. The molecule has 0 spiro atoms. The molecule has 0 aromatic heterocycles. The average molecular weight is 455 g/mol. The number of amides is 2. The molecule has 1 heterocycles. The van der Waals surface area contributed by atoms with E-state index in [0.717, 1.165) is 17.0 Å². The van der Waals surface area contributed by atoms with Gasteiger partial charge < -0.3 is 0 Å². The van der Waals surface area contributed by atoms with Crippen molar-refractivity contribution in [2.45, 2.75) is 28.7 Å². The highest BCUT2D eigenvalue weighted by Gasteiger charge is 2.52. The molecule has 0 unspecified atom stereocenters. The number of benzene rings is 1. The number of carbonyl (C=O) groups is 2. The number of fused-ring (bicyclic) bond motifs is 1. The summed E-state index contributed by atoms with van der Waals surface area (Å²) in [6.07, 6.45) is -3.54. The van der Waals surface area contributed by atoms with Gasteiger partial charge in [-0.1, -0.05) is 37.9 Å². The molecule has 1 aliphatic heterocycles. The topological polar surface area (TPSA) is 37.4 Å². The molecule has 23 heavy (non-hydrogen) atoms. The first-order valence-corrected chi connectivity index (χ1v) is 8.86. The Morgan fingerprint density at radius 1 is 1.00 bits per heavy atom. The van der Waals surface area contributed by atoms with Crippen molar-refractivity contribution >= 4 is 49.4 Å². The van der Waals surface area contributed by atoms with Crippen LogP contribution in [0.5, 0.6) is 0 Å². The van der Waals surface area contributed by atoms with Crippen LogP contribution in [0.4, 0.5) is 18.9 Å². The van der Waals surface area contributed by atoms with Crippen LogP contribution in [0.1, 0.15) is 18.4 Å². The summed E-state index contributed by atoms with van der Waals surface area (Å²) >= 11 is 6.95. The zero-order chi connectivity index (χ0) is 16.9. The highest BCUT2D eigenvalue weighted by molar-refractivity contribution is 9.12. The molecule has 2 fully saturated rings. The van der Waals surface area contributed by atoms with Crippen LogP contribution in [-0.2, 0) is 15.8 Å². The molecule has 0 radical (unpaired) electrons. The fourth-order valence-corrected chi connectivity index (χ4v) is 4.41. The summed E-state index contributed by atoms with van der Waals surface area (Å²) in [7, 11) is 0. The van der Waals surface area contributed by atoms with Gasteiger partial charge in [-0.3, -0.25) is 14.5 Å². The third kappa shape index (κ3) is 2.95. The van der Waals surface area contributed by atoms with E-state index in [1.807, 2.05) is 0 Å². The highest BCUT2D eigenvalue weighted by atomic mass is 79.9. The lowest BCUT2D eigenvalue weighted by molar-refractivity contribution is -0.137. The van der Waals surface area contributed by atoms with E-state index >= 15 is 0 Å². The Morgan fingerprint density at radius 2 is 1.52 bits per heavy atom. The second-order valence-electron chi connectivity index (χ2n) is 5.78. The lowest BCUT2D eigenvalue weighted by Gasteiger charge is -2.29. The molecule has 1 saturated heterocycles. The Balaban J connectivity index is 1.95. The maximum Gasteiger partial charge on any atom is 0.416 e. The van der Waals surface area contributed by atoms with E-state index in [1.54, 1.807) is 0 Å². The van der Waals surface area contributed by atoms with E-state index in [2.05, 4.69) is 31.9 Å². The summed E-state index contributed by atoms with van der Waals surface area (Å²) in [6, 6.07) is 4.34. The Kier molecular flexibility index (Phi) is 4.33. The number of hydrogen-bond donors (Lipinski definition) is 0. The van der Waals surface area contributed by atoms with Gasteiger partial charge in [0.05, 0.1) is 23.1 Å². The van der Waals surface area contributed by atoms with Crippen molar-refractivity contribution < 1.29 is 22.8 Å². The van der Waals surface area contributed by atoms with E-state index in [4.69, 9.17) is 0 Å². The number of hydrogen-bond acceptors (Lipinski definition) is 2. The van der Waals surface area contributed by atoms with Gasteiger partial charge in [0.1, 0.15) is 0 Å². The number of halogens is 5. The summed E-state index contributed by atoms with van der Waals surface area (Å²) in [5, 5.41) is 0. The van der Waals surface area contributed by atoms with E-state index in [1.165, 1.54) is 12.1 Å². The van der Waals surface area contributed by atoms with Crippen molar-refractivity contribution in [3.8, 4) is 0 Å². The number of imide groups is 1. The van der Waals surface area contributed by atoms with Crippen molar-refractivity contribution in [1.29, 1.82) is 0 Å². The predicted octanol–water partition coefficient (Wildman–Crippen LogP) is 4.13. The largest absolute Gasteiger partial charge is 0.416 e. The summed E-state index contributed by atoms with van der Waals surface area (Å²) in [4.78, 5) is 26.1. The molecule has 8 heteroatoms. The first-order valence-electron chi connectivity index (χ1n) is 7.03. The molecular formula is C15H12Br2F3NO2. The van der Waals surface area contributed by atoms with E-state index in [9.17, 15) is 22.8 Å². The molecule has 1 saturated carbocycles. The Bertz CT molecular complexity index is 636. The normalized spacial score (nSPS) is 31.4. The van der Waals surface area contributed by atoms with Crippen LogP contribution < -0.4 is 4.90 Å². The summed E-state index contributed by atoms with van der Waals surface area (Å²) in [6.45, 7) is 0. The number of rotatable bonds is 1. The van der Waals surface area contributed by atoms with Crippen molar-refractivity contribution in [3.05, 3.63) is 29.8 Å². The van der Waals surface area contributed by atoms with Gasteiger partial charge in [-0.25, -0.2) is 0 Å². The molecule has 3 nitrogen and oxygen atoms in total. The lowest BCUT2D eigenvalue weighted by atomic mass is 9.81. The molecular weight excluding hydrogens is 443 g/mol. The van der Waals surface area contributed by atoms with Crippen LogP contribution in [0.2, 0.25) is 0 Å². The lowest BCUT2D eigenvalue weighted by Crippen LogP contribution is -2.34. The smallest absolute Gasteiger partial charge is 0.274 e. The minimum Gasteiger partial charge on any atom is -0.274 e. The fourth-order valence-electron chi connectivity index (χ4n) is 3.17. The van der Waals surface area contributed by atoms with Crippen LogP contribution in [0, 0.1) is 11.8 Å². The summed E-state index contributed by atoms with van der Waals surface area (Å²) < 4.78 is 38.5. The van der Waals surface area contributed by atoms with Gasteiger partial charge in [-0.15, -0.1) is 0 Å². The van der Waals surface area contributed by atoms with Crippen molar-refractivity contribution in [3.63, 3.8) is 0 Å². The zero-order valence-electron chi connectivity index (χ0n) is 11.7. The molecule has 2 amide bonds. The average Bonchev–Trinajstić information content (AvgIpc) is 2.71. The Labute approximate surface area is 147 Å². The van der Waals surface area contributed by atoms with Crippen LogP contribution in [0.3, 0.4) is 0 Å². The van der Waals surface area contributed by atoms with Gasteiger partial charge in [0, 0.05) is 9.65 Å². The molecule has 4 atom stereocenters. The molecule has 1 aromatic rings. The standard InChI is InChI=1S/C15H12Br2F3NO2/c16-11-5-9-10(6-12(11)17)14(23)21(13(9)22)8-3-1-2-7(4-8)15(18,19)20/h1-4,9-12H,5-6H2/t9-,10-,11-,12-/m0/s1. The van der Waals surface area contributed by atoms with Gasteiger partial charge in [0.2, 0.25) is 11.8 Å². The number of anilines is 1. The third-order valence-corrected chi connectivity index (χ3v) is 7.08. The monoisotopic (exact) mass is 453 g/mol. The third-order valence-electron chi connectivity index (χ3n) is 4.34. The minimum absolute atomic E-state index is 0.0125. The fraction of sp³-hybridized carbons (Fsp3) is 0.467. The predicted molar refractivity (Wildman–Crippen MR) is 85.6 cm³/mol. The first kappa shape index (κ1) is 17.0. The Morgan fingerprint density at radius 3 is 2.00 bits per heavy atom. The number of nitrogens with zero attached hydrogens (tertiary/aromatic N) is 1. The van der Waals surface area contributed by atoms with Gasteiger partial charge >= 0.3 is 6.18 Å².